The van der Waals surface area contributed by atoms with Crippen molar-refractivity contribution in [3.8, 4) is 17.2 Å². The minimum Gasteiger partial charge on any atom is -0.493 e. The number of methoxy groups -OCH3 is 2. The fraction of sp³-hybridized carbons (Fsp3) is 0.321. The largest absolute Gasteiger partial charge is 0.493 e. The summed E-state index contributed by atoms with van der Waals surface area (Å²) in [5.74, 6) is 1.08. The first-order valence-corrected chi connectivity index (χ1v) is 13.7. The van der Waals surface area contributed by atoms with Gasteiger partial charge in [-0.05, 0) is 52.0 Å². The summed E-state index contributed by atoms with van der Waals surface area (Å²) in [5.41, 5.74) is 1.82. The van der Waals surface area contributed by atoms with Gasteiger partial charge in [-0.3, -0.25) is 9.36 Å². The molecular formula is C28H29BrN2O6S. The van der Waals surface area contributed by atoms with Crippen LogP contribution >= 0.6 is 27.3 Å². The normalized spacial score (nSPS) is 15.3. The fourth-order valence-electron chi connectivity index (χ4n) is 4.36. The number of hydrogen-bond donors (Lipinski definition) is 0. The van der Waals surface area contributed by atoms with Gasteiger partial charge in [-0.2, -0.15) is 0 Å². The van der Waals surface area contributed by atoms with Crippen LogP contribution in [-0.4, -0.2) is 37.5 Å². The third-order valence-electron chi connectivity index (χ3n) is 5.85. The van der Waals surface area contributed by atoms with E-state index in [0.29, 0.717) is 49.0 Å². The summed E-state index contributed by atoms with van der Waals surface area (Å²) in [6, 6.07) is 10.3. The van der Waals surface area contributed by atoms with E-state index in [4.69, 9.17) is 18.9 Å². The van der Waals surface area contributed by atoms with E-state index in [2.05, 4.69) is 20.9 Å². The molecule has 0 unspecified atom stereocenters. The number of aromatic nitrogens is 1. The molecule has 10 heteroatoms. The molecule has 200 valence electrons. The minimum atomic E-state index is -0.777. The Bertz CT molecular complexity index is 1590. The number of nitrogens with zero attached hydrogens (tertiary/aromatic N) is 2. The van der Waals surface area contributed by atoms with E-state index in [9.17, 15) is 9.59 Å². The molecule has 0 fully saturated rings. The van der Waals surface area contributed by atoms with Gasteiger partial charge in [0.25, 0.3) is 5.56 Å². The number of fused-ring (bicyclic) bond motifs is 1. The molecule has 0 saturated carbocycles. The molecule has 1 aromatic heterocycles. The molecule has 1 atom stereocenters. The molecular weight excluding hydrogens is 572 g/mol. The molecule has 0 saturated heterocycles. The Hall–Kier alpha value is -3.37. The number of carbonyl (C=O) groups excluding carboxylic acids is 1. The van der Waals surface area contributed by atoms with Crippen LogP contribution in [-0.2, 0) is 9.53 Å². The number of ether oxygens (including phenoxy) is 4. The number of hydrogen-bond acceptors (Lipinski definition) is 8. The van der Waals surface area contributed by atoms with Crippen LogP contribution in [0.25, 0.3) is 6.08 Å². The zero-order valence-electron chi connectivity index (χ0n) is 22.0. The van der Waals surface area contributed by atoms with Crippen molar-refractivity contribution >= 4 is 39.3 Å². The van der Waals surface area contributed by atoms with Crippen LogP contribution in [0.15, 0.2) is 61.9 Å². The van der Waals surface area contributed by atoms with E-state index in [1.807, 2.05) is 44.2 Å². The third-order valence-corrected chi connectivity index (χ3v) is 7.29. The van der Waals surface area contributed by atoms with Gasteiger partial charge in [0, 0.05) is 15.6 Å². The van der Waals surface area contributed by atoms with E-state index in [1.165, 1.54) is 11.3 Å². The highest BCUT2D eigenvalue weighted by atomic mass is 79.9. The number of halogens is 1. The molecule has 1 aliphatic heterocycles. The molecule has 1 aliphatic rings. The molecule has 4 rings (SSSR count). The zero-order valence-corrected chi connectivity index (χ0v) is 24.4. The maximum Gasteiger partial charge on any atom is 0.338 e. The quantitative estimate of drug-likeness (QED) is 0.357. The summed E-state index contributed by atoms with van der Waals surface area (Å²) in [6.07, 6.45) is 1.63. The predicted molar refractivity (Wildman–Crippen MR) is 150 cm³/mol. The number of thiazole rings is 1. The van der Waals surface area contributed by atoms with Crippen LogP contribution in [0, 0.1) is 0 Å². The lowest BCUT2D eigenvalue weighted by Crippen LogP contribution is -2.40. The van der Waals surface area contributed by atoms with Crippen LogP contribution in [0.3, 0.4) is 0 Å². The molecule has 0 amide bonds. The van der Waals surface area contributed by atoms with Crippen molar-refractivity contribution in [1.29, 1.82) is 0 Å². The van der Waals surface area contributed by atoms with Crippen LogP contribution in [0.1, 0.15) is 44.9 Å². The van der Waals surface area contributed by atoms with Crippen LogP contribution in [0.4, 0.5) is 0 Å². The Morgan fingerprint density at radius 1 is 1.18 bits per heavy atom. The number of allylic oxidation sites excluding steroid dienone is 1. The van der Waals surface area contributed by atoms with Crippen molar-refractivity contribution in [2.75, 3.05) is 20.8 Å². The standard InChI is InChI=1S/C28H29BrN2O6S/c1-7-36-27(33)23-16(4)30-28-31(24(23)19-10-8-9-11-20(19)37-15(2)3)26(32)22(38-28)13-17-12-18(29)14-21(34-5)25(17)35-6/h8-15,24H,7H2,1-6H3/b22-13-/t24-/m0/s1. The monoisotopic (exact) mass is 600 g/mol. The minimum absolute atomic E-state index is 0.109. The molecule has 0 spiro atoms. The van der Waals surface area contributed by atoms with Crippen molar-refractivity contribution < 1.29 is 23.7 Å². The topological polar surface area (TPSA) is 88.4 Å². The Kier molecular flexibility index (Phi) is 8.42. The smallest absolute Gasteiger partial charge is 0.338 e. The summed E-state index contributed by atoms with van der Waals surface area (Å²) in [5, 5.41) is 0. The summed E-state index contributed by atoms with van der Waals surface area (Å²) in [4.78, 5) is 32.3. The van der Waals surface area contributed by atoms with Gasteiger partial charge in [0.2, 0.25) is 0 Å². The molecule has 0 N–H and O–H groups in total. The number of carbonyl (C=O) groups is 1. The Morgan fingerprint density at radius 3 is 2.58 bits per heavy atom. The Labute approximate surface area is 233 Å². The van der Waals surface area contributed by atoms with E-state index in [1.54, 1.807) is 44.8 Å². The zero-order chi connectivity index (χ0) is 27.6. The number of esters is 1. The van der Waals surface area contributed by atoms with E-state index in [-0.39, 0.29) is 18.3 Å². The third kappa shape index (κ3) is 5.28. The first kappa shape index (κ1) is 27.7. The Morgan fingerprint density at radius 2 is 1.92 bits per heavy atom. The van der Waals surface area contributed by atoms with Gasteiger partial charge >= 0.3 is 5.97 Å². The number of benzene rings is 2. The van der Waals surface area contributed by atoms with Crippen molar-refractivity contribution in [3.05, 3.63) is 83.0 Å². The van der Waals surface area contributed by atoms with Gasteiger partial charge in [-0.25, -0.2) is 9.79 Å². The molecule has 0 radical (unpaired) electrons. The molecule has 38 heavy (non-hydrogen) atoms. The average Bonchev–Trinajstić information content (AvgIpc) is 3.17. The van der Waals surface area contributed by atoms with E-state index in [0.717, 1.165) is 4.47 Å². The second kappa shape index (κ2) is 11.6. The molecule has 0 aliphatic carbocycles. The first-order chi connectivity index (χ1) is 18.2. The lowest BCUT2D eigenvalue weighted by molar-refractivity contribution is -0.139. The van der Waals surface area contributed by atoms with Gasteiger partial charge < -0.3 is 18.9 Å². The highest BCUT2D eigenvalue weighted by Gasteiger charge is 2.35. The van der Waals surface area contributed by atoms with Gasteiger partial charge in [0.1, 0.15) is 11.8 Å². The summed E-state index contributed by atoms with van der Waals surface area (Å²) in [7, 11) is 3.10. The molecule has 2 aromatic carbocycles. The van der Waals surface area contributed by atoms with E-state index >= 15 is 0 Å². The maximum atomic E-state index is 14.0. The molecule has 8 nitrogen and oxygen atoms in total. The van der Waals surface area contributed by atoms with Crippen LogP contribution < -0.4 is 29.1 Å². The number of para-hydroxylation sites is 1. The van der Waals surface area contributed by atoms with Crippen molar-refractivity contribution in [2.24, 2.45) is 4.99 Å². The van der Waals surface area contributed by atoms with Crippen LogP contribution in [0.5, 0.6) is 17.2 Å². The summed E-state index contributed by atoms with van der Waals surface area (Å²) in [6.45, 7) is 7.55. The Balaban J connectivity index is 2.01. The number of rotatable bonds is 8. The molecule has 0 bridgehead atoms. The lowest BCUT2D eigenvalue weighted by atomic mass is 9.95. The fourth-order valence-corrected chi connectivity index (χ4v) is 5.85. The van der Waals surface area contributed by atoms with Crippen molar-refractivity contribution in [3.63, 3.8) is 0 Å². The molecule has 3 aromatic rings. The highest BCUT2D eigenvalue weighted by molar-refractivity contribution is 9.10. The van der Waals surface area contributed by atoms with Gasteiger partial charge in [-0.15, -0.1) is 0 Å². The van der Waals surface area contributed by atoms with Gasteiger partial charge in [0.05, 0.1) is 42.7 Å². The van der Waals surface area contributed by atoms with Crippen molar-refractivity contribution in [2.45, 2.75) is 39.8 Å². The van der Waals surface area contributed by atoms with E-state index < -0.39 is 12.0 Å². The SMILES string of the molecule is CCOC(=O)C1=C(C)N=c2s/c(=C\c3cc(Br)cc(OC)c3OC)c(=O)n2[C@H]1c1ccccc1OC(C)C. The predicted octanol–water partition coefficient (Wildman–Crippen LogP) is 4.37. The average molecular weight is 602 g/mol. The maximum absolute atomic E-state index is 14.0. The van der Waals surface area contributed by atoms with Crippen LogP contribution in [0.2, 0.25) is 0 Å². The highest BCUT2D eigenvalue weighted by Crippen LogP contribution is 2.37. The van der Waals surface area contributed by atoms with Gasteiger partial charge in [0.15, 0.2) is 16.3 Å². The second-order valence-corrected chi connectivity index (χ2v) is 10.7. The lowest BCUT2D eigenvalue weighted by Gasteiger charge is -2.26. The second-order valence-electron chi connectivity index (χ2n) is 8.74. The first-order valence-electron chi connectivity index (χ1n) is 12.1. The summed E-state index contributed by atoms with van der Waals surface area (Å²) >= 11 is 4.73. The summed E-state index contributed by atoms with van der Waals surface area (Å²) < 4.78 is 25.3. The van der Waals surface area contributed by atoms with Gasteiger partial charge in [-0.1, -0.05) is 45.5 Å². The van der Waals surface area contributed by atoms with Crippen molar-refractivity contribution in [1.82, 2.24) is 4.57 Å². The molecule has 2 heterocycles.